The van der Waals surface area contributed by atoms with E-state index < -0.39 is 0 Å². The van der Waals surface area contributed by atoms with Crippen LogP contribution in [0.1, 0.15) is 31.2 Å². The van der Waals surface area contributed by atoms with E-state index in [-0.39, 0.29) is 30.5 Å². The zero-order valence-electron chi connectivity index (χ0n) is 13.7. The van der Waals surface area contributed by atoms with Crippen molar-refractivity contribution in [3.8, 4) is 0 Å². The lowest BCUT2D eigenvalue weighted by Gasteiger charge is -2.39. The summed E-state index contributed by atoms with van der Waals surface area (Å²) in [6, 6.07) is 10.0. The number of benzene rings is 1. The summed E-state index contributed by atoms with van der Waals surface area (Å²) in [5.41, 5.74) is 0.969. The van der Waals surface area contributed by atoms with Gasteiger partial charge in [0.1, 0.15) is 12.5 Å². The van der Waals surface area contributed by atoms with E-state index in [9.17, 15) is 9.59 Å². The van der Waals surface area contributed by atoms with Gasteiger partial charge in [0.05, 0.1) is 0 Å². The van der Waals surface area contributed by atoms with Crippen molar-refractivity contribution in [3.05, 3.63) is 35.9 Å². The molecule has 1 saturated carbocycles. The van der Waals surface area contributed by atoms with E-state index in [4.69, 9.17) is 16.3 Å². The van der Waals surface area contributed by atoms with Gasteiger partial charge in [-0.3, -0.25) is 4.79 Å². The number of amides is 2. The molecule has 0 spiro atoms. The second-order valence-corrected chi connectivity index (χ2v) is 6.72. The minimum absolute atomic E-state index is 0.00541. The van der Waals surface area contributed by atoms with Crippen LogP contribution in [-0.4, -0.2) is 52.9 Å². The second kappa shape index (κ2) is 7.88. The molecule has 1 aliphatic carbocycles. The number of halogens is 1. The molecule has 2 fully saturated rings. The van der Waals surface area contributed by atoms with Crippen LogP contribution in [-0.2, 0) is 16.1 Å². The number of rotatable bonds is 5. The SMILES string of the molecule is O=C(OCc1ccccc1)N1CCCC(N(C(=O)CCl)C2CC2)C1. The van der Waals surface area contributed by atoms with E-state index >= 15 is 0 Å². The fourth-order valence-corrected chi connectivity index (χ4v) is 3.42. The molecule has 0 aromatic heterocycles. The summed E-state index contributed by atoms with van der Waals surface area (Å²) in [6.45, 7) is 1.48. The van der Waals surface area contributed by atoms with Gasteiger partial charge in [0, 0.05) is 25.2 Å². The van der Waals surface area contributed by atoms with Crippen LogP contribution in [0, 0.1) is 0 Å². The van der Waals surface area contributed by atoms with Crippen molar-refractivity contribution < 1.29 is 14.3 Å². The fraction of sp³-hybridized carbons (Fsp3) is 0.556. The van der Waals surface area contributed by atoms with Gasteiger partial charge in [-0.2, -0.15) is 0 Å². The van der Waals surface area contributed by atoms with Crippen LogP contribution in [0.2, 0.25) is 0 Å². The molecule has 1 aromatic rings. The summed E-state index contributed by atoms with van der Waals surface area (Å²) in [7, 11) is 0. The minimum Gasteiger partial charge on any atom is -0.445 e. The van der Waals surface area contributed by atoms with Gasteiger partial charge in [-0.15, -0.1) is 11.6 Å². The molecule has 3 rings (SSSR count). The third kappa shape index (κ3) is 4.20. The van der Waals surface area contributed by atoms with E-state index in [2.05, 4.69) is 0 Å². The third-order valence-corrected chi connectivity index (χ3v) is 4.82. The van der Waals surface area contributed by atoms with Crippen molar-refractivity contribution in [2.24, 2.45) is 0 Å². The van der Waals surface area contributed by atoms with Gasteiger partial charge in [-0.1, -0.05) is 30.3 Å². The Hall–Kier alpha value is -1.75. The highest BCUT2D eigenvalue weighted by molar-refractivity contribution is 6.27. The van der Waals surface area contributed by atoms with E-state index in [1.165, 1.54) is 0 Å². The molecular formula is C18H23ClN2O3. The molecular weight excluding hydrogens is 328 g/mol. The average molecular weight is 351 g/mol. The summed E-state index contributed by atoms with van der Waals surface area (Å²) >= 11 is 5.76. The predicted octanol–water partition coefficient (Wildman–Crippen LogP) is 3.02. The largest absolute Gasteiger partial charge is 0.445 e. The van der Waals surface area contributed by atoms with E-state index in [0.717, 1.165) is 31.2 Å². The van der Waals surface area contributed by atoms with Gasteiger partial charge in [-0.25, -0.2) is 4.79 Å². The average Bonchev–Trinajstić information content (AvgIpc) is 3.45. The quantitative estimate of drug-likeness (QED) is 0.767. The lowest BCUT2D eigenvalue weighted by molar-refractivity contribution is -0.132. The van der Waals surface area contributed by atoms with Gasteiger partial charge in [-0.05, 0) is 31.2 Å². The van der Waals surface area contributed by atoms with Crippen molar-refractivity contribution in [1.82, 2.24) is 9.80 Å². The number of ether oxygens (including phenoxy) is 1. The highest BCUT2D eigenvalue weighted by atomic mass is 35.5. The monoisotopic (exact) mass is 350 g/mol. The Bertz CT molecular complexity index is 577. The van der Waals surface area contributed by atoms with E-state index in [1.54, 1.807) is 4.90 Å². The number of alkyl halides is 1. The summed E-state index contributed by atoms with van der Waals surface area (Å²) in [6.07, 6.45) is 3.57. The Balaban J connectivity index is 1.56. The Morgan fingerprint density at radius 2 is 1.92 bits per heavy atom. The molecule has 1 aliphatic heterocycles. The van der Waals surface area contributed by atoms with Crippen LogP contribution in [0.4, 0.5) is 4.79 Å². The molecule has 0 bridgehead atoms. The van der Waals surface area contributed by atoms with Crippen LogP contribution in [0.15, 0.2) is 30.3 Å². The topological polar surface area (TPSA) is 49.9 Å². The lowest BCUT2D eigenvalue weighted by Crippen LogP contribution is -2.53. The number of piperidine rings is 1. The molecule has 24 heavy (non-hydrogen) atoms. The number of hydrogen-bond acceptors (Lipinski definition) is 3. The molecule has 2 aliphatic rings. The van der Waals surface area contributed by atoms with Gasteiger partial charge in [0.25, 0.3) is 0 Å². The number of hydrogen-bond donors (Lipinski definition) is 0. The van der Waals surface area contributed by atoms with Crippen LogP contribution < -0.4 is 0 Å². The maximum atomic E-state index is 12.3. The van der Waals surface area contributed by atoms with Crippen molar-refractivity contribution in [2.45, 2.75) is 44.4 Å². The number of nitrogens with zero attached hydrogens (tertiary/aromatic N) is 2. The number of carbonyl (C=O) groups excluding carboxylic acids is 2. The van der Waals surface area contributed by atoms with Crippen molar-refractivity contribution in [3.63, 3.8) is 0 Å². The molecule has 5 nitrogen and oxygen atoms in total. The Morgan fingerprint density at radius 1 is 1.17 bits per heavy atom. The summed E-state index contributed by atoms with van der Waals surface area (Å²) in [5, 5.41) is 0. The first-order valence-electron chi connectivity index (χ1n) is 8.52. The van der Waals surface area contributed by atoms with Crippen LogP contribution in [0.5, 0.6) is 0 Å². The molecule has 1 unspecified atom stereocenters. The van der Waals surface area contributed by atoms with Gasteiger partial charge in [0.2, 0.25) is 5.91 Å². The predicted molar refractivity (Wildman–Crippen MR) is 91.8 cm³/mol. The van der Waals surface area contributed by atoms with Crippen LogP contribution in [0.25, 0.3) is 0 Å². The highest BCUT2D eigenvalue weighted by Gasteiger charge is 2.39. The smallest absolute Gasteiger partial charge is 0.410 e. The zero-order chi connectivity index (χ0) is 16.9. The number of likely N-dealkylation sites (tertiary alicyclic amines) is 1. The second-order valence-electron chi connectivity index (χ2n) is 6.45. The molecule has 1 aromatic carbocycles. The standard InChI is InChI=1S/C18H23ClN2O3/c19-11-17(22)21(15-8-9-15)16-7-4-10-20(12-16)18(23)24-13-14-5-2-1-3-6-14/h1-3,5-6,15-16H,4,7-13H2. The third-order valence-electron chi connectivity index (χ3n) is 4.60. The normalized spacial score (nSPS) is 20.5. The first-order chi connectivity index (χ1) is 11.7. The zero-order valence-corrected chi connectivity index (χ0v) is 14.5. The summed E-state index contributed by atoms with van der Waals surface area (Å²) in [4.78, 5) is 28.1. The Labute approximate surface area is 147 Å². The number of carbonyl (C=O) groups is 2. The maximum Gasteiger partial charge on any atom is 0.410 e. The van der Waals surface area contributed by atoms with Gasteiger partial charge < -0.3 is 14.5 Å². The fourth-order valence-electron chi connectivity index (χ4n) is 3.29. The lowest BCUT2D eigenvalue weighted by atomic mass is 10.0. The van der Waals surface area contributed by atoms with Gasteiger partial charge in [0.15, 0.2) is 0 Å². The van der Waals surface area contributed by atoms with Crippen LogP contribution in [0.3, 0.4) is 0 Å². The van der Waals surface area contributed by atoms with Gasteiger partial charge >= 0.3 is 6.09 Å². The van der Waals surface area contributed by atoms with Crippen molar-refractivity contribution >= 4 is 23.6 Å². The van der Waals surface area contributed by atoms with Crippen molar-refractivity contribution in [2.75, 3.05) is 19.0 Å². The molecule has 1 saturated heterocycles. The van der Waals surface area contributed by atoms with Crippen molar-refractivity contribution in [1.29, 1.82) is 0 Å². The molecule has 1 heterocycles. The summed E-state index contributed by atoms with van der Waals surface area (Å²) in [5.74, 6) is -0.0190. The maximum absolute atomic E-state index is 12.3. The Kier molecular flexibility index (Phi) is 5.61. The molecule has 0 N–H and O–H groups in total. The van der Waals surface area contributed by atoms with Crippen LogP contribution >= 0.6 is 11.6 Å². The first kappa shape index (κ1) is 17.1. The van der Waals surface area contributed by atoms with E-state index in [0.29, 0.717) is 19.1 Å². The molecule has 130 valence electrons. The highest BCUT2D eigenvalue weighted by Crippen LogP contribution is 2.31. The molecule has 6 heteroatoms. The molecule has 1 atom stereocenters. The Morgan fingerprint density at radius 3 is 2.58 bits per heavy atom. The molecule has 0 radical (unpaired) electrons. The first-order valence-corrected chi connectivity index (χ1v) is 9.05. The summed E-state index contributed by atoms with van der Waals surface area (Å²) < 4.78 is 5.42. The molecule has 2 amide bonds. The van der Waals surface area contributed by atoms with E-state index in [1.807, 2.05) is 35.2 Å². The minimum atomic E-state index is -0.308.